The van der Waals surface area contributed by atoms with Gasteiger partial charge in [0.1, 0.15) is 0 Å². The molecule has 0 saturated heterocycles. The van der Waals surface area contributed by atoms with Crippen molar-refractivity contribution in [3.8, 4) is 0 Å². The van der Waals surface area contributed by atoms with Gasteiger partial charge in [0, 0.05) is 17.3 Å². The Kier molecular flexibility index (Phi) is 6.38. The van der Waals surface area contributed by atoms with E-state index in [2.05, 4.69) is 39.4 Å². The van der Waals surface area contributed by atoms with E-state index in [1.807, 2.05) is 0 Å². The molecule has 0 amide bonds. The second-order valence-electron chi connectivity index (χ2n) is 0.934. The first-order chi connectivity index (χ1) is 3.81. The van der Waals surface area contributed by atoms with Gasteiger partial charge in [0.15, 0.2) is 0 Å². The maximum absolute atomic E-state index is 5.08. The molecule has 0 aliphatic carbocycles. The van der Waals surface area contributed by atoms with Crippen molar-refractivity contribution in [2.45, 2.75) is 0 Å². The van der Waals surface area contributed by atoms with Crippen LogP contribution in [0, 0.1) is 0 Å². The quantitative estimate of drug-likeness (QED) is 0.337. The zero-order chi connectivity index (χ0) is 6.41. The summed E-state index contributed by atoms with van der Waals surface area (Å²) in [5.41, 5.74) is 5.08. The van der Waals surface area contributed by atoms with E-state index in [0.29, 0.717) is 11.3 Å². The lowest BCUT2D eigenvalue weighted by molar-refractivity contribution is 1.61. The average Bonchev–Trinajstić information content (AvgIpc) is 1.83. The van der Waals surface area contributed by atoms with Gasteiger partial charge in [-0.15, -0.1) is 12.6 Å². The van der Waals surface area contributed by atoms with Crippen molar-refractivity contribution in [2.75, 3.05) is 0 Å². The van der Waals surface area contributed by atoms with Gasteiger partial charge < -0.3 is 5.73 Å². The third-order valence-corrected chi connectivity index (χ3v) is 1.74. The molecule has 2 N–H and O–H groups in total. The molecule has 0 bridgehead atoms. The van der Waals surface area contributed by atoms with E-state index in [1.54, 1.807) is 6.21 Å². The maximum atomic E-state index is 5.08. The van der Waals surface area contributed by atoms with Crippen LogP contribution in [0.3, 0.4) is 0 Å². The smallest absolute Gasteiger partial charge is 0.0659 e. The highest BCUT2D eigenvalue weighted by Gasteiger charge is 1.75. The maximum Gasteiger partial charge on any atom is 0.0659 e. The van der Waals surface area contributed by atoms with Crippen LogP contribution < -0.4 is 5.73 Å². The Morgan fingerprint density at radius 3 is 2.88 bits per heavy atom. The largest absolute Gasteiger partial charge is 0.404 e. The summed E-state index contributed by atoms with van der Waals surface area (Å²) < 4.78 is 3.91. The second-order valence-corrected chi connectivity index (χ2v) is 3.33. The predicted octanol–water partition coefficient (Wildman–Crippen LogP) is 1.73. The third kappa shape index (κ3) is 4.87. The molecule has 46 valence electrons. The normalized spacial score (nSPS) is 14.5. The fraction of sp³-hybridized carbons (Fsp3) is 0. The number of halogens is 1. The number of thiol groups is 1. The minimum atomic E-state index is 0.548. The topological polar surface area (TPSA) is 38.4 Å². The molecule has 0 aliphatic heterocycles. The molecule has 0 spiro atoms. The molecule has 5 heteroatoms. The van der Waals surface area contributed by atoms with Crippen molar-refractivity contribution in [1.29, 1.82) is 0 Å². The van der Waals surface area contributed by atoms with Crippen LogP contribution in [0.1, 0.15) is 0 Å². The number of rotatable bonds is 2. The zero-order valence-electron chi connectivity index (χ0n) is 4.00. The van der Waals surface area contributed by atoms with Gasteiger partial charge >= 0.3 is 0 Å². The summed E-state index contributed by atoms with van der Waals surface area (Å²) in [7, 11) is 0. The van der Waals surface area contributed by atoms with Crippen LogP contribution in [0.4, 0.5) is 0 Å². The van der Waals surface area contributed by atoms with Gasteiger partial charge in [0.05, 0.1) is 6.37 Å². The lowest BCUT2D eigenvalue weighted by Crippen LogP contribution is -1.81. The van der Waals surface area contributed by atoms with E-state index in [9.17, 15) is 0 Å². The van der Waals surface area contributed by atoms with Crippen molar-refractivity contribution in [2.24, 2.45) is 10.5 Å². The molecule has 0 saturated carbocycles. The number of hydrogen-bond acceptors (Lipinski definition) is 3. The van der Waals surface area contributed by atoms with Crippen LogP contribution in [0.5, 0.6) is 0 Å². The summed E-state index contributed by atoms with van der Waals surface area (Å²) in [6.45, 7) is 0. The fourth-order valence-electron chi connectivity index (χ4n) is 0.134. The predicted molar refractivity (Wildman–Crippen MR) is 52.1 cm³/mol. The van der Waals surface area contributed by atoms with Crippen molar-refractivity contribution < 1.29 is 0 Å². The molecular weight excluding hydrogens is 254 g/mol. The van der Waals surface area contributed by atoms with E-state index >= 15 is 0 Å². The lowest BCUT2D eigenvalue weighted by Gasteiger charge is -1.82. The van der Waals surface area contributed by atoms with E-state index in [1.165, 1.54) is 6.20 Å². The Labute approximate surface area is 68.7 Å². The Morgan fingerprint density at radius 2 is 2.50 bits per heavy atom. The molecule has 0 heterocycles. The minimum absolute atomic E-state index is 0.548. The molecule has 0 aromatic rings. The van der Waals surface area contributed by atoms with Crippen LogP contribution in [0.15, 0.2) is 15.9 Å². The molecular formula is C3H6IN2PS. The van der Waals surface area contributed by atoms with Gasteiger partial charge in [-0.25, -0.2) is 0 Å². The summed E-state index contributed by atoms with van der Waals surface area (Å²) in [6.07, 6.45) is 3.59. The van der Waals surface area contributed by atoms with Crippen LogP contribution in [-0.2, 0) is 0 Å². The van der Waals surface area contributed by atoms with E-state index in [0.717, 1.165) is 0 Å². The highest BCUT2D eigenvalue weighted by Crippen LogP contribution is 2.21. The van der Waals surface area contributed by atoms with Gasteiger partial charge in [0.2, 0.25) is 0 Å². The Morgan fingerprint density at radius 1 is 1.88 bits per heavy atom. The van der Waals surface area contributed by atoms with Crippen LogP contribution >= 0.6 is 41.0 Å². The van der Waals surface area contributed by atoms with Gasteiger partial charge in [-0.1, -0.05) is 0 Å². The van der Waals surface area contributed by atoms with E-state index in [4.69, 9.17) is 5.73 Å². The molecule has 0 radical (unpaired) electrons. The van der Waals surface area contributed by atoms with Crippen molar-refractivity contribution in [1.82, 2.24) is 0 Å². The molecule has 0 aromatic carbocycles. The molecule has 1 atom stereocenters. The van der Waals surface area contributed by atoms with E-state index in [-0.39, 0.29) is 0 Å². The lowest BCUT2D eigenvalue weighted by atomic mass is 10.7. The molecule has 1 unspecified atom stereocenters. The first-order valence-electron chi connectivity index (χ1n) is 1.81. The summed E-state index contributed by atoms with van der Waals surface area (Å²) in [5.74, 6) is 0. The summed E-state index contributed by atoms with van der Waals surface area (Å²) in [4.78, 5) is 0.703. The summed E-state index contributed by atoms with van der Waals surface area (Å²) in [5, 5.41) is 0. The molecule has 0 aromatic heterocycles. The Bertz CT molecular complexity index is 114. The highest BCUT2D eigenvalue weighted by atomic mass is 127. The Balaban J connectivity index is 3.53. The molecule has 0 rings (SSSR count). The SMILES string of the molecule is N/C=C(S)\C=N\PI. The van der Waals surface area contributed by atoms with Crippen molar-refractivity contribution >= 4 is 47.3 Å². The first kappa shape index (κ1) is 8.72. The number of nitrogens with two attached hydrogens (primary N) is 1. The number of allylic oxidation sites excluding steroid dienone is 1. The molecule has 8 heavy (non-hydrogen) atoms. The minimum Gasteiger partial charge on any atom is -0.404 e. The molecule has 0 aliphatic rings. The highest BCUT2D eigenvalue weighted by molar-refractivity contribution is 14.2. The van der Waals surface area contributed by atoms with Crippen LogP contribution in [-0.4, -0.2) is 6.21 Å². The molecule has 2 nitrogen and oxygen atoms in total. The summed E-state index contributed by atoms with van der Waals surface area (Å²) >= 11 is 6.12. The Hall–Kier alpha value is 0.720. The number of hydrogen-bond donors (Lipinski definition) is 2. The van der Waals surface area contributed by atoms with Crippen molar-refractivity contribution in [3.63, 3.8) is 0 Å². The van der Waals surface area contributed by atoms with Gasteiger partial charge in [0.25, 0.3) is 0 Å². The first-order valence-corrected chi connectivity index (χ1v) is 6.31. The average molecular weight is 260 g/mol. The zero-order valence-corrected chi connectivity index (χ0v) is 8.06. The van der Waals surface area contributed by atoms with Crippen molar-refractivity contribution in [3.05, 3.63) is 11.1 Å². The third-order valence-electron chi connectivity index (χ3n) is 0.416. The van der Waals surface area contributed by atoms with Crippen LogP contribution in [0.25, 0.3) is 0 Å². The van der Waals surface area contributed by atoms with Gasteiger partial charge in [-0.05, 0) is 22.0 Å². The fourth-order valence-corrected chi connectivity index (χ4v) is 0.906. The monoisotopic (exact) mass is 260 g/mol. The number of nitrogens with zero attached hydrogens (tertiary/aromatic N) is 1. The van der Waals surface area contributed by atoms with E-state index < -0.39 is 0 Å². The van der Waals surface area contributed by atoms with Gasteiger partial charge in [-0.3, -0.25) is 4.76 Å². The second kappa shape index (κ2) is 5.85. The standard InChI is InChI=1S/C3H6IN2PS/c4-7-6-2-3(8)1-5/h1-2,7-8H,5H2/b3-1+,6-2+. The van der Waals surface area contributed by atoms with Gasteiger partial charge in [-0.2, -0.15) is 0 Å². The van der Waals surface area contributed by atoms with Crippen LogP contribution in [0.2, 0.25) is 0 Å². The molecule has 0 fully saturated rings. The summed E-state index contributed by atoms with van der Waals surface area (Å²) in [6, 6.07) is 0.